The van der Waals surface area contributed by atoms with Crippen molar-refractivity contribution in [1.82, 2.24) is 0 Å². The molecule has 3 rings (SSSR count). The molecule has 3 nitrogen and oxygen atoms in total. The molecule has 1 aromatic carbocycles. The SMILES string of the molecule is O=C1/C(=C/c2ccco2)SC(=S)C1CCc1cccc(O)c1. The number of rotatable bonds is 4. The van der Waals surface area contributed by atoms with Gasteiger partial charge in [-0.15, -0.1) is 0 Å². The van der Waals surface area contributed by atoms with Crippen molar-refractivity contribution in [3.8, 4) is 5.75 Å². The van der Waals surface area contributed by atoms with Crippen molar-refractivity contribution in [2.24, 2.45) is 5.92 Å². The van der Waals surface area contributed by atoms with Crippen molar-refractivity contribution in [2.45, 2.75) is 12.8 Å². The third-order valence-electron chi connectivity index (χ3n) is 3.50. The van der Waals surface area contributed by atoms with Gasteiger partial charge in [-0.05, 0) is 48.7 Å². The minimum atomic E-state index is -0.247. The molecule has 1 aliphatic rings. The van der Waals surface area contributed by atoms with Crippen molar-refractivity contribution in [1.29, 1.82) is 0 Å². The maximum atomic E-state index is 12.5. The molecule has 0 spiro atoms. The van der Waals surface area contributed by atoms with Gasteiger partial charge in [0.1, 0.15) is 11.5 Å². The van der Waals surface area contributed by atoms with Gasteiger partial charge in [0.25, 0.3) is 0 Å². The van der Waals surface area contributed by atoms with Crippen LogP contribution in [-0.4, -0.2) is 15.1 Å². The minimum absolute atomic E-state index is 0.0616. The van der Waals surface area contributed by atoms with Crippen LogP contribution in [0.5, 0.6) is 5.75 Å². The van der Waals surface area contributed by atoms with E-state index in [1.54, 1.807) is 36.6 Å². The molecule has 1 atom stereocenters. The van der Waals surface area contributed by atoms with Crippen molar-refractivity contribution in [3.63, 3.8) is 0 Å². The Balaban J connectivity index is 1.69. The van der Waals surface area contributed by atoms with Crippen LogP contribution in [0.2, 0.25) is 0 Å². The standard InChI is InChI=1S/C17H14O3S2/c18-12-4-1-3-11(9-12)6-7-14-16(19)15(22-17(14)21)10-13-5-2-8-20-13/h1-5,8-10,14,18H,6-7H2/b15-10-. The molecule has 2 heterocycles. The first-order valence-electron chi connectivity index (χ1n) is 6.92. The molecule has 0 aliphatic carbocycles. The number of furan rings is 1. The van der Waals surface area contributed by atoms with E-state index in [-0.39, 0.29) is 17.5 Å². The summed E-state index contributed by atoms with van der Waals surface area (Å²) < 4.78 is 5.95. The molecule has 0 amide bonds. The summed E-state index contributed by atoms with van der Waals surface area (Å²) in [5, 5.41) is 9.48. The second-order valence-electron chi connectivity index (χ2n) is 5.07. The summed E-state index contributed by atoms with van der Waals surface area (Å²) in [6.07, 6.45) is 4.69. The number of carbonyl (C=O) groups is 1. The lowest BCUT2D eigenvalue weighted by Gasteiger charge is -2.07. The first kappa shape index (κ1) is 15.1. The van der Waals surface area contributed by atoms with E-state index in [0.29, 0.717) is 27.7 Å². The van der Waals surface area contributed by atoms with Gasteiger partial charge in [-0.25, -0.2) is 0 Å². The summed E-state index contributed by atoms with van der Waals surface area (Å²) in [5.74, 6) is 0.716. The molecule has 1 aromatic heterocycles. The Hall–Kier alpha value is -1.85. The highest BCUT2D eigenvalue weighted by Gasteiger charge is 2.34. The van der Waals surface area contributed by atoms with Crippen LogP contribution in [-0.2, 0) is 11.2 Å². The van der Waals surface area contributed by atoms with Gasteiger partial charge in [0, 0.05) is 0 Å². The Morgan fingerprint density at radius 1 is 1.32 bits per heavy atom. The highest BCUT2D eigenvalue weighted by Crippen LogP contribution is 2.38. The number of aryl methyl sites for hydroxylation is 1. The number of phenols is 1. The Labute approximate surface area is 138 Å². The third kappa shape index (κ3) is 3.31. The first-order valence-corrected chi connectivity index (χ1v) is 8.15. The van der Waals surface area contributed by atoms with Crippen molar-refractivity contribution >= 4 is 40.0 Å². The van der Waals surface area contributed by atoms with Crippen LogP contribution in [0.3, 0.4) is 0 Å². The topological polar surface area (TPSA) is 50.4 Å². The van der Waals surface area contributed by atoms with E-state index in [1.807, 2.05) is 12.1 Å². The van der Waals surface area contributed by atoms with Gasteiger partial charge in [-0.2, -0.15) is 0 Å². The van der Waals surface area contributed by atoms with Crippen LogP contribution in [0.25, 0.3) is 6.08 Å². The fraction of sp³-hybridized carbons (Fsp3) is 0.176. The summed E-state index contributed by atoms with van der Waals surface area (Å²) in [4.78, 5) is 13.1. The molecule has 1 aliphatic heterocycles. The van der Waals surface area contributed by atoms with Gasteiger partial charge in [0.15, 0.2) is 5.78 Å². The Morgan fingerprint density at radius 2 is 2.18 bits per heavy atom. The molecule has 1 unspecified atom stereocenters. The molecular weight excluding hydrogens is 316 g/mol. The zero-order valence-corrected chi connectivity index (χ0v) is 13.3. The van der Waals surface area contributed by atoms with Gasteiger partial charge in [0.05, 0.1) is 21.3 Å². The molecule has 112 valence electrons. The number of hydrogen-bond acceptors (Lipinski definition) is 5. The smallest absolute Gasteiger partial charge is 0.178 e. The summed E-state index contributed by atoms with van der Waals surface area (Å²) >= 11 is 6.70. The maximum Gasteiger partial charge on any atom is 0.178 e. The molecule has 2 aromatic rings. The normalized spacial score (nSPS) is 20.0. The average molecular weight is 330 g/mol. The van der Waals surface area contributed by atoms with Crippen molar-refractivity contribution in [3.05, 3.63) is 58.9 Å². The van der Waals surface area contributed by atoms with Crippen molar-refractivity contribution < 1.29 is 14.3 Å². The molecule has 22 heavy (non-hydrogen) atoms. The number of Topliss-reactive ketones (excluding diaryl/α,β-unsaturated/α-hetero) is 1. The van der Waals surface area contributed by atoms with Crippen LogP contribution in [0.4, 0.5) is 0 Å². The fourth-order valence-corrected chi connectivity index (χ4v) is 3.88. The molecule has 5 heteroatoms. The number of thiocarbonyl (C=S) groups is 1. The van der Waals surface area contributed by atoms with Crippen LogP contribution in [0, 0.1) is 5.92 Å². The second-order valence-corrected chi connectivity index (χ2v) is 6.85. The number of carbonyl (C=O) groups excluding carboxylic acids is 1. The fourth-order valence-electron chi connectivity index (χ4n) is 2.38. The average Bonchev–Trinajstić information content (AvgIpc) is 3.08. The predicted molar refractivity (Wildman–Crippen MR) is 91.8 cm³/mol. The number of allylic oxidation sites excluding steroid dienone is 1. The monoisotopic (exact) mass is 330 g/mol. The molecule has 1 N–H and O–H groups in total. The van der Waals surface area contributed by atoms with E-state index >= 15 is 0 Å². The zero-order chi connectivity index (χ0) is 15.5. The minimum Gasteiger partial charge on any atom is -0.508 e. The maximum absolute atomic E-state index is 12.5. The molecule has 1 fully saturated rings. The van der Waals surface area contributed by atoms with Crippen LogP contribution < -0.4 is 0 Å². The number of ketones is 1. The van der Waals surface area contributed by atoms with Crippen LogP contribution >= 0.6 is 24.0 Å². The van der Waals surface area contributed by atoms with Crippen LogP contribution in [0.15, 0.2) is 52.0 Å². The quantitative estimate of drug-likeness (QED) is 0.672. The highest BCUT2D eigenvalue weighted by molar-refractivity contribution is 8.27. The van der Waals surface area contributed by atoms with E-state index in [9.17, 15) is 9.90 Å². The molecule has 0 radical (unpaired) electrons. The van der Waals surface area contributed by atoms with E-state index < -0.39 is 0 Å². The predicted octanol–water partition coefficient (Wildman–Crippen LogP) is 4.22. The number of benzene rings is 1. The van der Waals surface area contributed by atoms with Crippen LogP contribution in [0.1, 0.15) is 17.7 Å². The largest absolute Gasteiger partial charge is 0.508 e. The van der Waals surface area contributed by atoms with E-state index in [4.69, 9.17) is 16.6 Å². The van der Waals surface area contributed by atoms with Gasteiger partial charge >= 0.3 is 0 Å². The molecule has 0 bridgehead atoms. The summed E-state index contributed by atoms with van der Waals surface area (Å²) in [6.45, 7) is 0. The lowest BCUT2D eigenvalue weighted by molar-refractivity contribution is -0.116. The lowest BCUT2D eigenvalue weighted by atomic mass is 9.97. The Bertz CT molecular complexity index is 732. The number of hydrogen-bond donors (Lipinski definition) is 1. The molecular formula is C17H14O3S2. The van der Waals surface area contributed by atoms with E-state index in [2.05, 4.69) is 0 Å². The van der Waals surface area contributed by atoms with Gasteiger partial charge in [0.2, 0.25) is 0 Å². The Morgan fingerprint density at radius 3 is 2.91 bits per heavy atom. The first-order chi connectivity index (χ1) is 10.6. The zero-order valence-electron chi connectivity index (χ0n) is 11.7. The number of thioether (sulfide) groups is 1. The number of aromatic hydroxyl groups is 1. The van der Waals surface area contributed by atoms with Crippen molar-refractivity contribution in [2.75, 3.05) is 0 Å². The van der Waals surface area contributed by atoms with Gasteiger partial charge in [-0.1, -0.05) is 36.1 Å². The van der Waals surface area contributed by atoms with E-state index in [1.165, 1.54) is 11.8 Å². The molecule has 1 saturated heterocycles. The van der Waals surface area contributed by atoms with Gasteiger partial charge in [-0.3, -0.25) is 4.79 Å². The van der Waals surface area contributed by atoms with E-state index in [0.717, 1.165) is 5.56 Å². The van der Waals surface area contributed by atoms with Gasteiger partial charge < -0.3 is 9.52 Å². The second kappa shape index (κ2) is 6.50. The molecule has 0 saturated carbocycles. The summed E-state index contributed by atoms with van der Waals surface area (Å²) in [6, 6.07) is 10.7. The summed E-state index contributed by atoms with van der Waals surface area (Å²) in [5.41, 5.74) is 1.00. The number of phenolic OH excluding ortho intramolecular Hbond substituents is 1. The third-order valence-corrected chi connectivity index (χ3v) is 5.06. The highest BCUT2D eigenvalue weighted by atomic mass is 32.2. The lowest BCUT2D eigenvalue weighted by Crippen LogP contribution is -2.14. The Kier molecular flexibility index (Phi) is 4.45. The summed E-state index contributed by atoms with van der Waals surface area (Å²) in [7, 11) is 0.